The first kappa shape index (κ1) is 18.5. The van der Waals surface area contributed by atoms with E-state index in [1.54, 1.807) is 6.07 Å². The molecule has 0 radical (unpaired) electrons. The van der Waals surface area contributed by atoms with Gasteiger partial charge in [-0.3, -0.25) is 14.4 Å². The van der Waals surface area contributed by atoms with E-state index in [1.807, 2.05) is 0 Å². The van der Waals surface area contributed by atoms with Crippen molar-refractivity contribution in [2.75, 3.05) is 5.32 Å². The van der Waals surface area contributed by atoms with Gasteiger partial charge >= 0.3 is 0 Å². The third kappa shape index (κ3) is 3.37. The summed E-state index contributed by atoms with van der Waals surface area (Å²) in [7, 11) is 0. The second-order valence-corrected chi connectivity index (χ2v) is 7.52. The summed E-state index contributed by atoms with van der Waals surface area (Å²) in [5.41, 5.74) is -1.03. The van der Waals surface area contributed by atoms with Crippen molar-refractivity contribution in [2.45, 2.75) is 57.0 Å². The summed E-state index contributed by atoms with van der Waals surface area (Å²) in [6, 6.07) is 3.00. The number of alkyl halides is 2. The van der Waals surface area contributed by atoms with Crippen molar-refractivity contribution in [2.24, 2.45) is 11.8 Å². The first-order chi connectivity index (χ1) is 12.3. The van der Waals surface area contributed by atoms with Gasteiger partial charge in [0.05, 0.1) is 0 Å². The second kappa shape index (κ2) is 6.81. The zero-order valence-electron chi connectivity index (χ0n) is 14.6. The van der Waals surface area contributed by atoms with Crippen LogP contribution in [0.5, 0.6) is 0 Å². The molecule has 2 bridgehead atoms. The summed E-state index contributed by atoms with van der Waals surface area (Å²) in [6.45, 7) is 1.32. The van der Waals surface area contributed by atoms with Crippen molar-refractivity contribution in [1.82, 2.24) is 9.88 Å². The Kier molecular flexibility index (Phi) is 4.86. The minimum atomic E-state index is -2.69. The van der Waals surface area contributed by atoms with Crippen LogP contribution in [0, 0.1) is 11.8 Å². The summed E-state index contributed by atoms with van der Waals surface area (Å²) in [6.07, 6.45) is 4.18. The van der Waals surface area contributed by atoms with Gasteiger partial charge in [0.15, 0.2) is 0 Å². The minimum absolute atomic E-state index is 0.0807. The molecule has 8 heteroatoms. The molecule has 2 aliphatic carbocycles. The fourth-order valence-corrected chi connectivity index (χ4v) is 4.49. The van der Waals surface area contributed by atoms with Gasteiger partial charge in [0.25, 0.3) is 11.5 Å². The first-order valence-corrected chi connectivity index (χ1v) is 8.86. The number of nitrogens with one attached hydrogen (secondary N) is 2. The van der Waals surface area contributed by atoms with Crippen molar-refractivity contribution in [3.63, 3.8) is 0 Å². The molecule has 3 unspecified atom stereocenters. The van der Waals surface area contributed by atoms with Crippen LogP contribution in [0.4, 0.5) is 14.5 Å². The lowest BCUT2D eigenvalue weighted by Crippen LogP contribution is -2.60. The number of halogens is 2. The molecule has 2 saturated carbocycles. The zero-order valence-corrected chi connectivity index (χ0v) is 14.6. The molecule has 3 rings (SSSR count). The normalized spacial score (nSPS) is 29.7. The van der Waals surface area contributed by atoms with Crippen LogP contribution in [0.1, 0.15) is 39.0 Å². The van der Waals surface area contributed by atoms with Crippen molar-refractivity contribution in [1.29, 1.82) is 0 Å². The van der Waals surface area contributed by atoms with E-state index in [0.717, 1.165) is 0 Å². The highest BCUT2D eigenvalue weighted by molar-refractivity contribution is 5.77. The summed E-state index contributed by atoms with van der Waals surface area (Å²) in [4.78, 5) is 35.2. The summed E-state index contributed by atoms with van der Waals surface area (Å²) < 4.78 is 29.8. The highest BCUT2D eigenvalue weighted by Gasteiger charge is 2.56. The monoisotopic (exact) mass is 367 g/mol. The van der Waals surface area contributed by atoms with E-state index in [1.165, 1.54) is 23.8 Å². The van der Waals surface area contributed by atoms with E-state index in [2.05, 4.69) is 10.6 Å². The van der Waals surface area contributed by atoms with Crippen molar-refractivity contribution >= 4 is 18.0 Å². The van der Waals surface area contributed by atoms with Crippen LogP contribution in [0.25, 0.3) is 0 Å². The number of anilines is 1. The number of pyridine rings is 1. The Labute approximate surface area is 150 Å². The maximum absolute atomic E-state index is 14.3. The van der Waals surface area contributed by atoms with Gasteiger partial charge in [-0.25, -0.2) is 8.78 Å². The van der Waals surface area contributed by atoms with Crippen LogP contribution in [0.2, 0.25) is 0 Å². The van der Waals surface area contributed by atoms with Crippen LogP contribution < -0.4 is 16.2 Å². The molecule has 6 nitrogen and oxygen atoms in total. The Morgan fingerprint density at radius 1 is 1.42 bits per heavy atom. The lowest BCUT2D eigenvalue weighted by atomic mass is 9.62. The molecule has 0 aromatic carbocycles. The quantitative estimate of drug-likeness (QED) is 0.783. The SMILES string of the molecule is CC1CC2(NC(=O)Cn3cccc(NC=O)c3=O)CCCC(C2)C1(F)F. The number of carbonyl (C=O) groups excluding carboxylic acids is 2. The average Bonchev–Trinajstić information content (AvgIpc) is 2.57. The van der Waals surface area contributed by atoms with Gasteiger partial charge < -0.3 is 15.2 Å². The number of hydrogen-bond acceptors (Lipinski definition) is 3. The van der Waals surface area contributed by atoms with Crippen LogP contribution in [-0.4, -0.2) is 28.3 Å². The Bertz CT molecular complexity index is 760. The number of amides is 2. The zero-order chi connectivity index (χ0) is 18.9. The maximum atomic E-state index is 14.3. The third-order valence-electron chi connectivity index (χ3n) is 5.70. The summed E-state index contributed by atoms with van der Waals surface area (Å²) >= 11 is 0. The van der Waals surface area contributed by atoms with Gasteiger partial charge in [-0.1, -0.05) is 13.3 Å². The van der Waals surface area contributed by atoms with Crippen molar-refractivity contribution in [3.8, 4) is 0 Å². The van der Waals surface area contributed by atoms with Gasteiger partial charge in [0.2, 0.25) is 12.3 Å². The molecule has 1 heterocycles. The van der Waals surface area contributed by atoms with Crippen LogP contribution in [-0.2, 0) is 16.1 Å². The Morgan fingerprint density at radius 3 is 2.92 bits per heavy atom. The maximum Gasteiger partial charge on any atom is 0.274 e. The second-order valence-electron chi connectivity index (χ2n) is 7.52. The molecule has 0 aliphatic heterocycles. The van der Waals surface area contributed by atoms with Gasteiger partial charge in [-0.15, -0.1) is 0 Å². The standard InChI is InChI=1S/C18H23F2N3O3/c1-12-8-17(6-2-4-13(9-17)18(12,19)20)22-15(25)10-23-7-3-5-14(16(23)26)21-11-24/h3,5,7,11-13H,2,4,6,8-10H2,1H3,(H,21,24)(H,22,25). The van der Waals surface area contributed by atoms with E-state index in [9.17, 15) is 23.2 Å². The number of fused-ring (bicyclic) bond motifs is 2. The van der Waals surface area contributed by atoms with E-state index in [4.69, 9.17) is 0 Å². The fraction of sp³-hybridized carbons (Fsp3) is 0.611. The molecule has 2 fully saturated rings. The van der Waals surface area contributed by atoms with Crippen LogP contribution >= 0.6 is 0 Å². The lowest BCUT2D eigenvalue weighted by molar-refractivity contribution is -0.164. The molecular formula is C18H23F2N3O3. The molecule has 3 atom stereocenters. The minimum Gasteiger partial charge on any atom is -0.349 e. The topological polar surface area (TPSA) is 80.2 Å². The third-order valence-corrected chi connectivity index (χ3v) is 5.70. The smallest absolute Gasteiger partial charge is 0.274 e. The molecular weight excluding hydrogens is 344 g/mol. The molecule has 1 aromatic heterocycles. The Morgan fingerprint density at radius 2 is 2.19 bits per heavy atom. The Hall–Kier alpha value is -2.25. The summed E-state index contributed by atoms with van der Waals surface area (Å²) in [5.74, 6) is -4.57. The molecule has 2 amide bonds. The Balaban J connectivity index is 1.73. The highest BCUT2D eigenvalue weighted by Crippen LogP contribution is 2.52. The van der Waals surface area contributed by atoms with Gasteiger partial charge in [0, 0.05) is 23.6 Å². The molecule has 2 aliphatic rings. The molecule has 2 N–H and O–H groups in total. The average molecular weight is 367 g/mol. The molecule has 0 saturated heterocycles. The molecule has 142 valence electrons. The number of nitrogens with zero attached hydrogens (tertiary/aromatic N) is 1. The number of hydrogen-bond donors (Lipinski definition) is 2. The predicted octanol–water partition coefficient (Wildman–Crippen LogP) is 2.14. The number of carbonyl (C=O) groups is 2. The van der Waals surface area contributed by atoms with Crippen LogP contribution in [0.3, 0.4) is 0 Å². The van der Waals surface area contributed by atoms with E-state index >= 15 is 0 Å². The van der Waals surface area contributed by atoms with E-state index in [0.29, 0.717) is 25.7 Å². The molecule has 0 spiro atoms. The predicted molar refractivity (Wildman–Crippen MR) is 91.9 cm³/mol. The fourth-order valence-electron chi connectivity index (χ4n) is 4.49. The largest absolute Gasteiger partial charge is 0.349 e. The molecule has 26 heavy (non-hydrogen) atoms. The van der Waals surface area contributed by atoms with Gasteiger partial charge in [-0.05, 0) is 37.8 Å². The van der Waals surface area contributed by atoms with Gasteiger partial charge in [-0.2, -0.15) is 0 Å². The number of rotatable bonds is 5. The number of aromatic nitrogens is 1. The molecule has 1 aromatic rings. The van der Waals surface area contributed by atoms with E-state index < -0.39 is 28.9 Å². The van der Waals surface area contributed by atoms with Crippen molar-refractivity contribution in [3.05, 3.63) is 28.7 Å². The lowest BCUT2D eigenvalue weighted by Gasteiger charge is -2.51. The highest BCUT2D eigenvalue weighted by atomic mass is 19.3. The van der Waals surface area contributed by atoms with Gasteiger partial charge in [0.1, 0.15) is 12.2 Å². The summed E-state index contributed by atoms with van der Waals surface area (Å²) in [5, 5.41) is 5.23. The van der Waals surface area contributed by atoms with E-state index in [-0.39, 0.29) is 31.0 Å². The first-order valence-electron chi connectivity index (χ1n) is 8.86. The van der Waals surface area contributed by atoms with Crippen LogP contribution in [0.15, 0.2) is 23.1 Å². The van der Waals surface area contributed by atoms with Crippen molar-refractivity contribution < 1.29 is 18.4 Å².